The van der Waals surface area contributed by atoms with Crippen molar-refractivity contribution < 1.29 is 13.6 Å². The molecule has 6 nitrogen and oxygen atoms in total. The monoisotopic (exact) mass is 315 g/mol. The summed E-state index contributed by atoms with van der Waals surface area (Å²) in [4.78, 5) is 24.2. The van der Waals surface area contributed by atoms with Crippen LogP contribution in [0.4, 0.5) is 14.5 Å². The fourth-order valence-corrected chi connectivity index (χ4v) is 1.97. The summed E-state index contributed by atoms with van der Waals surface area (Å²) in [7, 11) is 0. The molecule has 0 saturated carbocycles. The summed E-state index contributed by atoms with van der Waals surface area (Å²) >= 11 is 0. The molecule has 0 aliphatic rings. The van der Waals surface area contributed by atoms with Crippen LogP contribution in [0.1, 0.15) is 16.2 Å². The summed E-state index contributed by atoms with van der Waals surface area (Å²) in [6.45, 7) is 1.80. The SMILES string of the molecule is Cc1nccn1-c1ncc(NC(=O)c2ccc(F)cc2F)cn1. The number of hydrogen-bond acceptors (Lipinski definition) is 4. The second kappa shape index (κ2) is 5.91. The van der Waals surface area contributed by atoms with Crippen molar-refractivity contribution in [2.75, 3.05) is 5.32 Å². The number of nitrogens with zero attached hydrogens (tertiary/aromatic N) is 4. The Kier molecular flexibility index (Phi) is 3.80. The molecule has 3 aromatic rings. The lowest BCUT2D eigenvalue weighted by Crippen LogP contribution is -2.14. The summed E-state index contributed by atoms with van der Waals surface area (Å²) in [6, 6.07) is 2.74. The molecule has 2 aromatic heterocycles. The van der Waals surface area contributed by atoms with Gasteiger partial charge in [-0.2, -0.15) is 0 Å². The molecule has 3 rings (SSSR count). The van der Waals surface area contributed by atoms with Crippen LogP contribution in [0.25, 0.3) is 5.95 Å². The quantitative estimate of drug-likeness (QED) is 0.806. The summed E-state index contributed by atoms with van der Waals surface area (Å²) in [6.07, 6.45) is 6.10. The Labute approximate surface area is 129 Å². The highest BCUT2D eigenvalue weighted by atomic mass is 19.1. The lowest BCUT2D eigenvalue weighted by Gasteiger charge is -2.07. The molecule has 1 N–H and O–H groups in total. The predicted octanol–water partition coefficient (Wildman–Crippen LogP) is 2.50. The number of amides is 1. The van der Waals surface area contributed by atoms with Crippen LogP contribution in [-0.4, -0.2) is 25.4 Å². The van der Waals surface area contributed by atoms with Crippen LogP contribution < -0.4 is 5.32 Å². The van der Waals surface area contributed by atoms with Crippen molar-refractivity contribution in [2.24, 2.45) is 0 Å². The first-order valence-electron chi connectivity index (χ1n) is 6.63. The van der Waals surface area contributed by atoms with E-state index in [9.17, 15) is 13.6 Å². The number of benzene rings is 1. The minimum atomic E-state index is -0.936. The largest absolute Gasteiger partial charge is 0.319 e. The lowest BCUT2D eigenvalue weighted by molar-refractivity contribution is 0.102. The number of carbonyl (C=O) groups excluding carboxylic acids is 1. The number of rotatable bonds is 3. The van der Waals surface area contributed by atoms with Gasteiger partial charge in [0.15, 0.2) is 0 Å². The van der Waals surface area contributed by atoms with Gasteiger partial charge in [0.1, 0.15) is 17.5 Å². The minimum absolute atomic E-state index is 0.263. The summed E-state index contributed by atoms with van der Waals surface area (Å²) in [5.74, 6) is -1.28. The van der Waals surface area contributed by atoms with Crippen LogP contribution in [0.3, 0.4) is 0 Å². The standard InChI is InChI=1S/C15H11F2N5O/c1-9-18-4-5-22(9)15-19-7-11(8-20-15)21-14(23)12-3-2-10(16)6-13(12)17/h2-8H,1H3,(H,21,23). The van der Waals surface area contributed by atoms with Gasteiger partial charge in [0.05, 0.1) is 23.6 Å². The fourth-order valence-electron chi connectivity index (χ4n) is 1.97. The third-order valence-corrected chi connectivity index (χ3v) is 3.11. The highest BCUT2D eigenvalue weighted by Crippen LogP contribution is 2.13. The molecular formula is C15H11F2N5O. The molecule has 0 unspecified atom stereocenters. The van der Waals surface area contributed by atoms with E-state index in [1.807, 2.05) is 0 Å². The van der Waals surface area contributed by atoms with E-state index in [4.69, 9.17) is 0 Å². The van der Waals surface area contributed by atoms with Gasteiger partial charge in [-0.1, -0.05) is 0 Å². The molecule has 1 amide bonds. The van der Waals surface area contributed by atoms with Gasteiger partial charge >= 0.3 is 0 Å². The molecule has 0 atom stereocenters. The van der Waals surface area contributed by atoms with Crippen molar-refractivity contribution in [3.8, 4) is 5.95 Å². The third kappa shape index (κ3) is 3.05. The predicted molar refractivity (Wildman–Crippen MR) is 78.2 cm³/mol. The number of halogens is 2. The van der Waals surface area contributed by atoms with Crippen molar-refractivity contribution in [3.63, 3.8) is 0 Å². The van der Waals surface area contributed by atoms with E-state index >= 15 is 0 Å². The van der Waals surface area contributed by atoms with Crippen molar-refractivity contribution in [3.05, 3.63) is 66.0 Å². The smallest absolute Gasteiger partial charge is 0.258 e. The topological polar surface area (TPSA) is 72.7 Å². The first-order valence-corrected chi connectivity index (χ1v) is 6.63. The molecule has 0 aliphatic carbocycles. The zero-order valence-electron chi connectivity index (χ0n) is 12.0. The average Bonchev–Trinajstić information content (AvgIpc) is 2.94. The number of aromatic nitrogens is 4. The molecule has 0 bridgehead atoms. The molecule has 0 radical (unpaired) electrons. The summed E-state index contributed by atoms with van der Waals surface area (Å²) in [5, 5.41) is 2.45. The number of carbonyl (C=O) groups is 1. The van der Waals surface area contributed by atoms with Gasteiger partial charge in [-0.05, 0) is 19.1 Å². The molecule has 116 valence electrons. The molecule has 1 aromatic carbocycles. The maximum absolute atomic E-state index is 13.6. The first-order chi connectivity index (χ1) is 11.0. The fraction of sp³-hybridized carbons (Fsp3) is 0.0667. The van der Waals surface area contributed by atoms with Gasteiger partial charge in [-0.25, -0.2) is 23.7 Å². The van der Waals surface area contributed by atoms with E-state index in [0.29, 0.717) is 17.7 Å². The van der Waals surface area contributed by atoms with Crippen LogP contribution in [0.15, 0.2) is 43.0 Å². The summed E-state index contributed by atoms with van der Waals surface area (Å²) < 4.78 is 28.1. The molecule has 0 spiro atoms. The van der Waals surface area contributed by atoms with Gasteiger partial charge in [-0.3, -0.25) is 9.36 Å². The van der Waals surface area contributed by atoms with Crippen LogP contribution in [-0.2, 0) is 0 Å². The van der Waals surface area contributed by atoms with E-state index in [1.165, 1.54) is 12.4 Å². The molecule has 23 heavy (non-hydrogen) atoms. The maximum atomic E-state index is 13.6. The Morgan fingerprint density at radius 3 is 2.52 bits per heavy atom. The van der Waals surface area contributed by atoms with E-state index in [2.05, 4.69) is 20.3 Å². The van der Waals surface area contributed by atoms with Crippen LogP contribution in [0.5, 0.6) is 0 Å². The molecule has 2 heterocycles. The number of anilines is 1. The molecule has 0 saturated heterocycles. The van der Waals surface area contributed by atoms with Crippen molar-refractivity contribution in [1.29, 1.82) is 0 Å². The van der Waals surface area contributed by atoms with E-state index in [-0.39, 0.29) is 5.56 Å². The zero-order valence-corrected chi connectivity index (χ0v) is 12.0. The Bertz CT molecular complexity index is 861. The van der Waals surface area contributed by atoms with Gasteiger partial charge < -0.3 is 5.32 Å². The highest BCUT2D eigenvalue weighted by molar-refractivity contribution is 6.04. The van der Waals surface area contributed by atoms with E-state index < -0.39 is 17.5 Å². The van der Waals surface area contributed by atoms with Gasteiger partial charge in [-0.15, -0.1) is 0 Å². The minimum Gasteiger partial charge on any atom is -0.319 e. The number of hydrogen-bond donors (Lipinski definition) is 1. The third-order valence-electron chi connectivity index (χ3n) is 3.11. The lowest BCUT2D eigenvalue weighted by atomic mass is 10.2. The summed E-state index contributed by atoms with van der Waals surface area (Å²) in [5.41, 5.74) is 0.0289. The number of aryl methyl sites for hydroxylation is 1. The van der Waals surface area contributed by atoms with Crippen LogP contribution in [0, 0.1) is 18.6 Å². The molecule has 8 heteroatoms. The second-order valence-electron chi connectivity index (χ2n) is 4.69. The van der Waals surface area contributed by atoms with Crippen molar-refractivity contribution in [2.45, 2.75) is 6.92 Å². The highest BCUT2D eigenvalue weighted by Gasteiger charge is 2.13. The van der Waals surface area contributed by atoms with Gasteiger partial charge in [0.2, 0.25) is 5.95 Å². The van der Waals surface area contributed by atoms with Crippen LogP contribution >= 0.6 is 0 Å². The Morgan fingerprint density at radius 2 is 1.91 bits per heavy atom. The molecule has 0 aliphatic heterocycles. The Morgan fingerprint density at radius 1 is 1.17 bits per heavy atom. The Hall–Kier alpha value is -3.16. The normalized spacial score (nSPS) is 10.6. The first kappa shape index (κ1) is 14.8. The average molecular weight is 315 g/mol. The van der Waals surface area contributed by atoms with Crippen LogP contribution in [0.2, 0.25) is 0 Å². The second-order valence-corrected chi connectivity index (χ2v) is 4.69. The Balaban J connectivity index is 1.78. The van der Waals surface area contributed by atoms with Gasteiger partial charge in [0, 0.05) is 18.5 Å². The number of nitrogens with one attached hydrogen (secondary N) is 1. The van der Waals surface area contributed by atoms with Crippen molar-refractivity contribution >= 4 is 11.6 Å². The van der Waals surface area contributed by atoms with E-state index in [1.54, 1.807) is 23.9 Å². The maximum Gasteiger partial charge on any atom is 0.258 e. The van der Waals surface area contributed by atoms with E-state index in [0.717, 1.165) is 18.0 Å². The van der Waals surface area contributed by atoms with Gasteiger partial charge in [0.25, 0.3) is 5.91 Å². The zero-order chi connectivity index (χ0) is 16.4. The number of imidazole rings is 1. The molecular weight excluding hydrogens is 304 g/mol. The molecule has 0 fully saturated rings. The van der Waals surface area contributed by atoms with Crippen molar-refractivity contribution in [1.82, 2.24) is 19.5 Å².